The summed E-state index contributed by atoms with van der Waals surface area (Å²) in [7, 11) is 0. The van der Waals surface area contributed by atoms with Crippen molar-refractivity contribution in [3.8, 4) is 10.8 Å². The molecule has 3 aromatic rings. The molecule has 0 saturated heterocycles. The minimum Gasteiger partial charge on any atom is -0.459 e. The molecule has 1 aliphatic rings. The second kappa shape index (κ2) is 6.48. The molecular weight excluding hydrogens is 332 g/mol. The Morgan fingerprint density at radius 3 is 2.60 bits per heavy atom. The largest absolute Gasteiger partial charge is 0.459 e. The number of nitrogens with zero attached hydrogens (tertiary/aromatic N) is 2. The van der Waals surface area contributed by atoms with Crippen molar-refractivity contribution < 1.29 is 9.21 Å². The first-order valence-electron chi connectivity index (χ1n) is 8.51. The lowest BCUT2D eigenvalue weighted by atomic mass is 10.2. The van der Waals surface area contributed by atoms with Crippen LogP contribution in [-0.2, 0) is 6.54 Å². The van der Waals surface area contributed by atoms with Crippen LogP contribution in [0.3, 0.4) is 0 Å². The van der Waals surface area contributed by atoms with Crippen molar-refractivity contribution in [3.05, 3.63) is 64.4 Å². The quantitative estimate of drug-likeness (QED) is 0.661. The zero-order valence-electron chi connectivity index (χ0n) is 14.4. The van der Waals surface area contributed by atoms with Crippen LogP contribution >= 0.6 is 11.3 Å². The SMILES string of the molecule is Cc1ccc(-c2nc(C)c(C(=O)N(Cc3ccccc3)C3CC3)s2)o1. The van der Waals surface area contributed by atoms with Crippen molar-refractivity contribution >= 4 is 17.2 Å². The standard InChI is InChI=1S/C20H20N2O2S/c1-13-8-11-17(24-13)19-21-14(2)18(25-19)20(23)22(16-9-10-16)12-15-6-4-3-5-7-15/h3-8,11,16H,9-10,12H2,1-2H3. The summed E-state index contributed by atoms with van der Waals surface area (Å²) < 4.78 is 5.66. The van der Waals surface area contributed by atoms with Crippen LogP contribution in [0.4, 0.5) is 0 Å². The third-order valence-corrected chi connectivity index (χ3v) is 5.55. The Kier molecular flexibility index (Phi) is 4.17. The number of carbonyl (C=O) groups excluding carboxylic acids is 1. The molecular formula is C20H20N2O2S. The van der Waals surface area contributed by atoms with E-state index in [0.717, 1.165) is 40.6 Å². The highest BCUT2D eigenvalue weighted by Crippen LogP contribution is 2.34. The molecule has 0 unspecified atom stereocenters. The van der Waals surface area contributed by atoms with Gasteiger partial charge in [0.05, 0.1) is 5.69 Å². The van der Waals surface area contributed by atoms with Crippen molar-refractivity contribution in [2.24, 2.45) is 0 Å². The van der Waals surface area contributed by atoms with Gasteiger partial charge in [-0.2, -0.15) is 0 Å². The third kappa shape index (κ3) is 3.37. The number of aromatic nitrogens is 1. The van der Waals surface area contributed by atoms with Crippen LogP contribution in [0, 0.1) is 13.8 Å². The first-order chi connectivity index (χ1) is 12.1. The highest BCUT2D eigenvalue weighted by atomic mass is 32.1. The molecule has 1 amide bonds. The third-order valence-electron chi connectivity index (χ3n) is 4.39. The van der Waals surface area contributed by atoms with Gasteiger partial charge in [0, 0.05) is 12.6 Å². The Morgan fingerprint density at radius 1 is 1.20 bits per heavy atom. The predicted octanol–water partition coefficient (Wildman–Crippen LogP) is 4.82. The van der Waals surface area contributed by atoms with Crippen molar-refractivity contribution in [2.45, 2.75) is 39.3 Å². The number of amides is 1. The molecule has 4 nitrogen and oxygen atoms in total. The zero-order chi connectivity index (χ0) is 17.4. The van der Waals surface area contributed by atoms with Crippen LogP contribution < -0.4 is 0 Å². The van der Waals surface area contributed by atoms with Crippen LogP contribution in [0.5, 0.6) is 0 Å². The van der Waals surface area contributed by atoms with Gasteiger partial charge in [0.2, 0.25) is 0 Å². The lowest BCUT2D eigenvalue weighted by molar-refractivity contribution is 0.0734. The molecule has 1 aliphatic carbocycles. The molecule has 25 heavy (non-hydrogen) atoms. The smallest absolute Gasteiger partial charge is 0.266 e. The van der Waals surface area contributed by atoms with Crippen LogP contribution in [-0.4, -0.2) is 21.8 Å². The second-order valence-electron chi connectivity index (χ2n) is 6.49. The van der Waals surface area contributed by atoms with E-state index in [-0.39, 0.29) is 5.91 Å². The predicted molar refractivity (Wildman–Crippen MR) is 98.6 cm³/mol. The van der Waals surface area contributed by atoms with E-state index in [1.54, 1.807) is 0 Å². The molecule has 0 radical (unpaired) electrons. The topological polar surface area (TPSA) is 46.3 Å². The summed E-state index contributed by atoms with van der Waals surface area (Å²) in [4.78, 5) is 20.4. The molecule has 0 atom stereocenters. The van der Waals surface area contributed by atoms with Gasteiger partial charge in [0.1, 0.15) is 10.6 Å². The molecule has 5 heteroatoms. The Bertz CT molecular complexity index is 894. The fraction of sp³-hybridized carbons (Fsp3) is 0.300. The number of benzene rings is 1. The number of thiazole rings is 1. The first kappa shape index (κ1) is 16.1. The lowest BCUT2D eigenvalue weighted by Gasteiger charge is -2.22. The number of rotatable bonds is 5. The van der Waals surface area contributed by atoms with E-state index in [1.165, 1.54) is 11.3 Å². The van der Waals surface area contributed by atoms with Gasteiger partial charge in [0.25, 0.3) is 5.91 Å². The van der Waals surface area contributed by atoms with E-state index >= 15 is 0 Å². The van der Waals surface area contributed by atoms with Crippen LogP contribution in [0.15, 0.2) is 46.9 Å². The number of hydrogen-bond acceptors (Lipinski definition) is 4. The van der Waals surface area contributed by atoms with Crippen molar-refractivity contribution in [1.82, 2.24) is 9.88 Å². The summed E-state index contributed by atoms with van der Waals surface area (Å²) in [6, 6.07) is 14.3. The fourth-order valence-corrected chi connectivity index (χ4v) is 3.90. The van der Waals surface area contributed by atoms with E-state index in [1.807, 2.05) is 49.1 Å². The van der Waals surface area contributed by atoms with E-state index in [0.29, 0.717) is 17.5 Å². The van der Waals surface area contributed by atoms with Crippen LogP contribution in [0.1, 0.15) is 39.5 Å². The summed E-state index contributed by atoms with van der Waals surface area (Å²) in [6.45, 7) is 4.46. The summed E-state index contributed by atoms with van der Waals surface area (Å²) >= 11 is 1.42. The highest BCUT2D eigenvalue weighted by Gasteiger charge is 2.34. The second-order valence-corrected chi connectivity index (χ2v) is 7.49. The van der Waals surface area contributed by atoms with E-state index in [9.17, 15) is 4.79 Å². The Morgan fingerprint density at radius 2 is 1.96 bits per heavy atom. The molecule has 2 aromatic heterocycles. The van der Waals surface area contributed by atoms with Crippen molar-refractivity contribution in [1.29, 1.82) is 0 Å². The summed E-state index contributed by atoms with van der Waals surface area (Å²) in [5.41, 5.74) is 1.93. The molecule has 0 aliphatic heterocycles. The molecule has 0 N–H and O–H groups in total. The highest BCUT2D eigenvalue weighted by molar-refractivity contribution is 7.17. The number of carbonyl (C=O) groups is 1. The van der Waals surface area contributed by atoms with Gasteiger partial charge in [-0.15, -0.1) is 11.3 Å². The van der Waals surface area contributed by atoms with Gasteiger partial charge in [-0.05, 0) is 44.4 Å². The molecule has 1 aromatic carbocycles. The lowest BCUT2D eigenvalue weighted by Crippen LogP contribution is -2.32. The van der Waals surface area contributed by atoms with Gasteiger partial charge >= 0.3 is 0 Å². The number of hydrogen-bond donors (Lipinski definition) is 0. The number of aryl methyl sites for hydroxylation is 2. The molecule has 4 rings (SSSR count). The first-order valence-corrected chi connectivity index (χ1v) is 9.32. The zero-order valence-corrected chi connectivity index (χ0v) is 15.2. The molecule has 1 saturated carbocycles. The monoisotopic (exact) mass is 352 g/mol. The van der Waals surface area contributed by atoms with Crippen LogP contribution in [0.25, 0.3) is 10.8 Å². The number of furan rings is 1. The molecule has 0 spiro atoms. The average Bonchev–Trinajstić information content (AvgIpc) is 3.25. The van der Waals surface area contributed by atoms with Gasteiger partial charge in [-0.1, -0.05) is 30.3 Å². The van der Waals surface area contributed by atoms with Gasteiger partial charge in [-0.25, -0.2) is 4.98 Å². The van der Waals surface area contributed by atoms with Crippen LogP contribution in [0.2, 0.25) is 0 Å². The van der Waals surface area contributed by atoms with Crippen molar-refractivity contribution in [2.75, 3.05) is 0 Å². The van der Waals surface area contributed by atoms with E-state index in [2.05, 4.69) is 17.1 Å². The molecule has 0 bridgehead atoms. The molecule has 2 heterocycles. The Hall–Kier alpha value is -2.40. The summed E-state index contributed by atoms with van der Waals surface area (Å²) in [5.74, 6) is 1.65. The maximum absolute atomic E-state index is 13.2. The summed E-state index contributed by atoms with van der Waals surface area (Å²) in [6.07, 6.45) is 2.17. The van der Waals surface area contributed by atoms with Gasteiger partial charge < -0.3 is 9.32 Å². The molecule has 128 valence electrons. The van der Waals surface area contributed by atoms with E-state index < -0.39 is 0 Å². The van der Waals surface area contributed by atoms with Gasteiger partial charge in [0.15, 0.2) is 10.8 Å². The van der Waals surface area contributed by atoms with E-state index in [4.69, 9.17) is 4.42 Å². The van der Waals surface area contributed by atoms with Crippen molar-refractivity contribution in [3.63, 3.8) is 0 Å². The van der Waals surface area contributed by atoms with Gasteiger partial charge in [-0.3, -0.25) is 4.79 Å². The normalized spacial score (nSPS) is 13.8. The minimum absolute atomic E-state index is 0.0795. The Balaban J connectivity index is 1.61. The minimum atomic E-state index is 0.0795. The molecule has 1 fully saturated rings. The fourth-order valence-electron chi connectivity index (χ4n) is 2.91. The maximum atomic E-state index is 13.2. The maximum Gasteiger partial charge on any atom is 0.266 e. The summed E-state index contributed by atoms with van der Waals surface area (Å²) in [5, 5.41) is 0.768. The average molecular weight is 352 g/mol. The Labute approximate surface area is 151 Å².